The standard InChI is InChI=1S/C70H128N10O28/c1-6-7-8-9-10-11-12-13-25-60(94)80-69(45-102-38-28-59(93)76-46-75-56(90)24-16-18-34-104-67-64(78-49(4)86)70(98,99)39-51(40-81)106-67,44-101-37-27-58(92)74-32-21-30-72-55(89)23-15-19-35-105-68(65(97)79-50(5)87)107-52(41-82)47(2)84)43-100-36-26-57(91)73-31-20-29-71-54(88)22-14-17-33-103-66-61(77-48(3)85)63(96)62(95)53(42-83)108-66/h47,51-53,61-68,81-84,95-99H,6-46H2,1-5H3,(H,71,88)(H,72,89)(H,73,91)(H,74,92)(H,75,90)(H,76,93)(H,77,85)(H,78,86)(H,79,87)(H,80,94). The van der Waals surface area contributed by atoms with E-state index in [0.717, 1.165) is 44.9 Å². The van der Waals surface area contributed by atoms with E-state index in [4.69, 9.17) is 42.6 Å². The molecule has 0 aromatic rings. The molecule has 0 bridgehead atoms. The number of aliphatic hydroxyl groups is 9. The molecule has 0 aromatic carbocycles. The molecule has 2 heterocycles. The van der Waals surface area contributed by atoms with Crippen LogP contribution in [0.4, 0.5) is 0 Å². The van der Waals surface area contributed by atoms with Crippen molar-refractivity contribution < 1.29 is 137 Å². The molecular formula is C70H128N10O28. The van der Waals surface area contributed by atoms with Crippen molar-refractivity contribution in [1.29, 1.82) is 0 Å². The van der Waals surface area contributed by atoms with Crippen LogP contribution in [0.15, 0.2) is 0 Å². The number of amides is 10. The van der Waals surface area contributed by atoms with Gasteiger partial charge in [0.25, 0.3) is 0 Å². The van der Waals surface area contributed by atoms with Crippen LogP contribution in [0.25, 0.3) is 0 Å². The van der Waals surface area contributed by atoms with E-state index in [9.17, 15) is 93.9 Å². The van der Waals surface area contributed by atoms with Crippen molar-refractivity contribution in [3.05, 3.63) is 0 Å². The van der Waals surface area contributed by atoms with Gasteiger partial charge in [0.05, 0.1) is 84.8 Å². The summed E-state index contributed by atoms with van der Waals surface area (Å²) in [7, 11) is 0. The molecule has 2 aliphatic rings. The van der Waals surface area contributed by atoms with Crippen LogP contribution >= 0.6 is 0 Å². The maximum absolute atomic E-state index is 13.8. The number of unbranched alkanes of at least 4 members (excludes halogenated alkanes) is 10. The highest BCUT2D eigenvalue weighted by Crippen LogP contribution is 2.29. The Morgan fingerprint density at radius 3 is 1.41 bits per heavy atom. The Balaban J connectivity index is 2.02. The number of ether oxygens (including phenoxy) is 9. The van der Waals surface area contributed by atoms with Crippen LogP contribution in [0.5, 0.6) is 0 Å². The molecule has 0 aliphatic carbocycles. The smallest absolute Gasteiger partial charge is 0.223 e. The highest BCUT2D eigenvalue weighted by atomic mass is 16.7. The van der Waals surface area contributed by atoms with E-state index >= 15 is 0 Å². The predicted octanol–water partition coefficient (Wildman–Crippen LogP) is -3.64. The quantitative estimate of drug-likeness (QED) is 0.0206. The van der Waals surface area contributed by atoms with Gasteiger partial charge < -0.3 is 142 Å². The molecule has 13 unspecified atom stereocenters. The van der Waals surface area contributed by atoms with Crippen molar-refractivity contribution in [2.75, 3.05) is 112 Å². The first kappa shape index (κ1) is 98.1. The van der Waals surface area contributed by atoms with Crippen molar-refractivity contribution in [2.45, 2.75) is 274 Å². The number of hydrogen-bond acceptors (Lipinski definition) is 28. The van der Waals surface area contributed by atoms with Crippen LogP contribution in [0.3, 0.4) is 0 Å². The lowest BCUT2D eigenvalue weighted by atomic mass is 9.96. The van der Waals surface area contributed by atoms with Gasteiger partial charge in [0, 0.05) is 112 Å². The Labute approximate surface area is 632 Å². The molecule has 0 spiro atoms. The lowest BCUT2D eigenvalue weighted by Crippen LogP contribution is -2.65. The van der Waals surface area contributed by atoms with Gasteiger partial charge in [-0.3, -0.25) is 47.9 Å². The first-order chi connectivity index (χ1) is 51.6. The molecule has 2 fully saturated rings. The van der Waals surface area contributed by atoms with Crippen LogP contribution in [0.1, 0.15) is 189 Å². The summed E-state index contributed by atoms with van der Waals surface area (Å²) < 4.78 is 51.7. The summed E-state index contributed by atoms with van der Waals surface area (Å²) in [6, 6.07) is -2.43. The number of carbonyl (C=O) groups is 10. The molecular weight excluding hydrogens is 1430 g/mol. The van der Waals surface area contributed by atoms with Crippen molar-refractivity contribution >= 4 is 59.1 Å². The highest BCUT2D eigenvalue weighted by Gasteiger charge is 2.49. The van der Waals surface area contributed by atoms with E-state index in [0.29, 0.717) is 57.8 Å². The normalized spacial score (nSPS) is 20.6. The number of carbonyl (C=O) groups excluding carboxylic acids is 10. The molecule has 38 heteroatoms. The van der Waals surface area contributed by atoms with Crippen LogP contribution in [-0.2, 0) is 90.6 Å². The molecule has 0 saturated carbocycles. The van der Waals surface area contributed by atoms with Gasteiger partial charge in [0.2, 0.25) is 65.4 Å². The fraction of sp³-hybridized carbons (Fsp3) is 0.857. The van der Waals surface area contributed by atoms with E-state index in [1.165, 1.54) is 27.7 Å². The third-order valence-corrected chi connectivity index (χ3v) is 17.1. The third kappa shape index (κ3) is 44.7. The summed E-state index contributed by atoms with van der Waals surface area (Å²) in [6.45, 7) is 5.08. The molecule has 0 aromatic heterocycles. The zero-order valence-electron chi connectivity index (χ0n) is 63.7. The summed E-state index contributed by atoms with van der Waals surface area (Å²) in [5, 5.41) is 117. The maximum atomic E-state index is 13.8. The van der Waals surface area contributed by atoms with Gasteiger partial charge in [0.1, 0.15) is 42.0 Å². The van der Waals surface area contributed by atoms with Gasteiger partial charge in [-0.25, -0.2) is 0 Å². The van der Waals surface area contributed by atoms with Gasteiger partial charge in [-0.15, -0.1) is 0 Å². The largest absolute Gasteiger partial charge is 0.394 e. The van der Waals surface area contributed by atoms with Crippen LogP contribution in [-0.4, -0.2) is 302 Å². The first-order valence-corrected chi connectivity index (χ1v) is 37.9. The molecule has 626 valence electrons. The Morgan fingerprint density at radius 1 is 0.500 bits per heavy atom. The van der Waals surface area contributed by atoms with E-state index in [2.05, 4.69) is 60.1 Å². The summed E-state index contributed by atoms with van der Waals surface area (Å²) in [5.41, 5.74) is -1.41. The molecule has 2 aliphatic heterocycles. The van der Waals surface area contributed by atoms with E-state index in [-0.39, 0.29) is 173 Å². The predicted molar refractivity (Wildman–Crippen MR) is 384 cm³/mol. The van der Waals surface area contributed by atoms with Gasteiger partial charge in [0.15, 0.2) is 24.6 Å². The molecule has 38 nitrogen and oxygen atoms in total. The minimum atomic E-state index is -2.42. The average molecular weight is 1560 g/mol. The molecule has 13 atom stereocenters. The van der Waals surface area contributed by atoms with Crippen LogP contribution in [0, 0.1) is 0 Å². The average Bonchev–Trinajstić information content (AvgIpc) is 1.14. The molecule has 108 heavy (non-hydrogen) atoms. The van der Waals surface area contributed by atoms with Gasteiger partial charge in [-0.2, -0.15) is 0 Å². The van der Waals surface area contributed by atoms with Crippen molar-refractivity contribution in [1.82, 2.24) is 53.2 Å². The van der Waals surface area contributed by atoms with Gasteiger partial charge in [-0.05, 0) is 64.7 Å². The highest BCUT2D eigenvalue weighted by molar-refractivity contribution is 5.79. The van der Waals surface area contributed by atoms with E-state index < -0.39 is 134 Å². The van der Waals surface area contributed by atoms with Gasteiger partial charge >= 0.3 is 0 Å². The van der Waals surface area contributed by atoms with Crippen molar-refractivity contribution in [2.24, 2.45) is 0 Å². The number of nitrogens with one attached hydrogen (secondary N) is 10. The van der Waals surface area contributed by atoms with Crippen LogP contribution in [0.2, 0.25) is 0 Å². The second kappa shape index (κ2) is 57.9. The Kier molecular flexibility index (Phi) is 52.6. The minimum absolute atomic E-state index is 0.00300. The fourth-order valence-electron chi connectivity index (χ4n) is 11.1. The third-order valence-electron chi connectivity index (χ3n) is 17.1. The number of aliphatic hydroxyl groups excluding tert-OH is 7. The Bertz CT molecular complexity index is 2570. The Morgan fingerprint density at radius 2 is 0.944 bits per heavy atom. The van der Waals surface area contributed by atoms with E-state index in [1.54, 1.807) is 0 Å². The zero-order chi connectivity index (χ0) is 80.1. The van der Waals surface area contributed by atoms with Gasteiger partial charge in [-0.1, -0.05) is 51.9 Å². The molecule has 2 rings (SSSR count). The Hall–Kier alpha value is -6.02. The molecule has 10 amide bonds. The molecule has 0 radical (unpaired) electrons. The maximum Gasteiger partial charge on any atom is 0.223 e. The first-order valence-electron chi connectivity index (χ1n) is 37.9. The fourth-order valence-corrected chi connectivity index (χ4v) is 11.1. The topological polar surface area (TPSA) is 556 Å². The van der Waals surface area contributed by atoms with Crippen molar-refractivity contribution in [3.8, 4) is 0 Å². The summed E-state index contributed by atoms with van der Waals surface area (Å²) >= 11 is 0. The lowest BCUT2D eigenvalue weighted by molar-refractivity contribution is -0.316. The zero-order valence-corrected chi connectivity index (χ0v) is 63.7. The summed E-state index contributed by atoms with van der Waals surface area (Å²) in [4.78, 5) is 126. The van der Waals surface area contributed by atoms with E-state index in [1.807, 2.05) is 0 Å². The SMILES string of the molecule is CCCCCCCCCCC(=O)NC(COCCC(=O)NCCCNC(=O)CCCCOC(OC(CO)C(C)O)C(O)NC(C)=O)(COCCC(=O)NCCCNC(=O)CCCCOC1OC(CO)C(O)C(O)C1NC(C)=O)COCCC(=O)NCNC(=O)CCCCOC1OC(CO)CC(O)(O)C1NC(C)=O. The lowest BCUT2D eigenvalue weighted by Gasteiger charge is -2.43. The monoisotopic (exact) mass is 1560 g/mol. The summed E-state index contributed by atoms with van der Waals surface area (Å²) in [5.74, 6) is -6.52. The second-order valence-corrected chi connectivity index (χ2v) is 27.0. The minimum Gasteiger partial charge on any atom is -0.394 e. The number of rotatable bonds is 63. The van der Waals surface area contributed by atoms with Crippen molar-refractivity contribution in [3.63, 3.8) is 0 Å². The van der Waals surface area contributed by atoms with Crippen LogP contribution < -0.4 is 53.2 Å². The summed E-state index contributed by atoms with van der Waals surface area (Å²) in [6.07, 6.45) is -2.12. The molecule has 2 saturated heterocycles. The second-order valence-electron chi connectivity index (χ2n) is 27.0. The number of hydrogen-bond donors (Lipinski definition) is 19. The molecule has 19 N–H and O–H groups in total.